The van der Waals surface area contributed by atoms with Crippen LogP contribution in [0.1, 0.15) is 51.1 Å². The molecule has 0 spiro atoms. The molecule has 148 valence electrons. The second-order valence-corrected chi connectivity index (χ2v) is 7.66. The summed E-state index contributed by atoms with van der Waals surface area (Å²) < 4.78 is 5.21. The number of rotatable bonds is 5. The number of carbonyl (C=O) groups excluding carboxylic acids is 1. The van der Waals surface area contributed by atoms with E-state index in [1.165, 1.54) is 12.7 Å². The van der Waals surface area contributed by atoms with E-state index in [0.717, 1.165) is 38.6 Å². The number of nitrogens with zero attached hydrogens (tertiary/aromatic N) is 3. The van der Waals surface area contributed by atoms with E-state index in [1.54, 1.807) is 12.1 Å². The molecule has 1 saturated heterocycles. The summed E-state index contributed by atoms with van der Waals surface area (Å²) in [6, 6.07) is 3.46. The van der Waals surface area contributed by atoms with Gasteiger partial charge in [-0.2, -0.15) is 0 Å². The Hall–Kier alpha value is -1.25. The second-order valence-electron chi connectivity index (χ2n) is 7.66. The summed E-state index contributed by atoms with van der Waals surface area (Å²) in [6.45, 7) is 13.5. The van der Waals surface area contributed by atoms with Gasteiger partial charge in [0.05, 0.1) is 6.26 Å². The van der Waals surface area contributed by atoms with Gasteiger partial charge in [-0.25, -0.2) is 0 Å². The smallest absolute Gasteiger partial charge is 0.289 e. The van der Waals surface area contributed by atoms with Crippen LogP contribution in [0, 0.1) is 5.41 Å². The van der Waals surface area contributed by atoms with E-state index in [4.69, 9.17) is 9.41 Å². The Morgan fingerprint density at radius 1 is 1.23 bits per heavy atom. The molecule has 6 nitrogen and oxygen atoms in total. The lowest BCUT2D eigenvalue weighted by Crippen LogP contribution is -2.53. The van der Waals surface area contributed by atoms with E-state index in [0.29, 0.717) is 24.3 Å². The van der Waals surface area contributed by atoms with Crippen LogP contribution in [-0.4, -0.2) is 60.9 Å². The Balaban J connectivity index is 0.00000338. The molecule has 1 amide bonds. The zero-order valence-electron chi connectivity index (χ0n) is 16.5. The number of furan rings is 1. The van der Waals surface area contributed by atoms with Gasteiger partial charge in [0.2, 0.25) is 0 Å². The Kier molecular flexibility index (Phi) is 9.46. The van der Waals surface area contributed by atoms with Crippen molar-refractivity contribution in [3.8, 4) is 0 Å². The molecule has 0 atom stereocenters. The zero-order valence-corrected chi connectivity index (χ0v) is 18.8. The fourth-order valence-corrected chi connectivity index (χ4v) is 2.90. The third-order valence-electron chi connectivity index (χ3n) is 4.28. The van der Waals surface area contributed by atoms with E-state index in [9.17, 15) is 4.79 Å². The van der Waals surface area contributed by atoms with Crippen LogP contribution in [-0.2, 0) is 0 Å². The molecule has 0 unspecified atom stereocenters. The van der Waals surface area contributed by atoms with Gasteiger partial charge >= 0.3 is 0 Å². The van der Waals surface area contributed by atoms with E-state index >= 15 is 0 Å². The summed E-state index contributed by atoms with van der Waals surface area (Å²) in [5.41, 5.74) is 0.353. The van der Waals surface area contributed by atoms with Gasteiger partial charge in [-0.05, 0) is 37.3 Å². The Morgan fingerprint density at radius 3 is 2.42 bits per heavy atom. The van der Waals surface area contributed by atoms with Crippen LogP contribution in [0.5, 0.6) is 0 Å². The average molecular weight is 476 g/mol. The number of hydrogen-bond donors (Lipinski definition) is 1. The van der Waals surface area contributed by atoms with E-state index in [1.807, 2.05) is 4.90 Å². The standard InChI is InChI=1S/C19H32N4O2.HI/c1-5-20-18(21-10-7-9-19(2,3)4)23-13-11-22(12-14-23)17(24)16-8-6-15-25-16;/h6,8,15H,5,7,9-14H2,1-4H3,(H,20,21);1H. The number of piperazine rings is 1. The lowest BCUT2D eigenvalue weighted by molar-refractivity contribution is 0.0657. The summed E-state index contributed by atoms with van der Waals surface area (Å²) in [6.07, 6.45) is 3.80. The maximum absolute atomic E-state index is 12.3. The molecule has 2 rings (SSSR count). The normalized spacial score (nSPS) is 15.6. The molecular weight excluding hydrogens is 443 g/mol. The molecule has 0 bridgehead atoms. The lowest BCUT2D eigenvalue weighted by atomic mass is 9.91. The summed E-state index contributed by atoms with van der Waals surface area (Å²) >= 11 is 0. The average Bonchev–Trinajstić information content (AvgIpc) is 3.11. The van der Waals surface area contributed by atoms with Crippen molar-refractivity contribution in [2.24, 2.45) is 10.4 Å². The van der Waals surface area contributed by atoms with Crippen molar-refractivity contribution >= 4 is 35.8 Å². The van der Waals surface area contributed by atoms with Crippen LogP contribution in [0.4, 0.5) is 0 Å². The van der Waals surface area contributed by atoms with E-state index in [2.05, 4.69) is 37.9 Å². The van der Waals surface area contributed by atoms with Gasteiger partial charge in [0.15, 0.2) is 11.7 Å². The van der Waals surface area contributed by atoms with Gasteiger partial charge in [-0.1, -0.05) is 20.8 Å². The molecule has 1 aromatic rings. The van der Waals surface area contributed by atoms with Gasteiger partial charge < -0.3 is 19.5 Å². The van der Waals surface area contributed by atoms with Crippen molar-refractivity contribution in [2.75, 3.05) is 39.3 Å². The summed E-state index contributed by atoms with van der Waals surface area (Å²) in [4.78, 5) is 21.2. The largest absolute Gasteiger partial charge is 0.459 e. The fraction of sp³-hybridized carbons (Fsp3) is 0.684. The molecule has 0 saturated carbocycles. The highest BCUT2D eigenvalue weighted by Crippen LogP contribution is 2.20. The molecule has 2 heterocycles. The van der Waals surface area contributed by atoms with Gasteiger partial charge in [0, 0.05) is 39.3 Å². The maximum Gasteiger partial charge on any atom is 0.289 e. The summed E-state index contributed by atoms with van der Waals surface area (Å²) in [5, 5.41) is 3.38. The van der Waals surface area contributed by atoms with E-state index in [-0.39, 0.29) is 29.9 Å². The quantitative estimate of drug-likeness (QED) is 0.306. The van der Waals surface area contributed by atoms with Crippen molar-refractivity contribution in [3.05, 3.63) is 24.2 Å². The van der Waals surface area contributed by atoms with Gasteiger partial charge in [0.1, 0.15) is 0 Å². The number of amides is 1. The van der Waals surface area contributed by atoms with Crippen molar-refractivity contribution < 1.29 is 9.21 Å². The first-order chi connectivity index (χ1) is 11.9. The molecular formula is C19H33IN4O2. The van der Waals surface area contributed by atoms with Crippen molar-refractivity contribution in [1.82, 2.24) is 15.1 Å². The van der Waals surface area contributed by atoms with Gasteiger partial charge in [-0.3, -0.25) is 9.79 Å². The fourth-order valence-electron chi connectivity index (χ4n) is 2.90. The first kappa shape index (κ1) is 22.8. The summed E-state index contributed by atoms with van der Waals surface area (Å²) in [5.74, 6) is 1.34. The van der Waals surface area contributed by atoms with Crippen LogP contribution in [0.3, 0.4) is 0 Å². The molecule has 7 heteroatoms. The predicted octanol–water partition coefficient (Wildman–Crippen LogP) is 3.45. The number of guanidine groups is 1. The minimum Gasteiger partial charge on any atom is -0.459 e. The predicted molar refractivity (Wildman–Crippen MR) is 116 cm³/mol. The molecule has 1 aliphatic rings. The van der Waals surface area contributed by atoms with E-state index < -0.39 is 0 Å². The number of aliphatic imine (C=N–C) groups is 1. The van der Waals surface area contributed by atoms with Crippen molar-refractivity contribution in [2.45, 2.75) is 40.5 Å². The first-order valence-electron chi connectivity index (χ1n) is 9.27. The molecule has 0 radical (unpaired) electrons. The monoisotopic (exact) mass is 476 g/mol. The molecule has 1 aromatic heterocycles. The van der Waals surface area contributed by atoms with Crippen molar-refractivity contribution in [1.29, 1.82) is 0 Å². The highest BCUT2D eigenvalue weighted by atomic mass is 127. The molecule has 26 heavy (non-hydrogen) atoms. The Bertz CT molecular complexity index is 559. The third-order valence-corrected chi connectivity index (χ3v) is 4.28. The van der Waals surface area contributed by atoms with Crippen molar-refractivity contribution in [3.63, 3.8) is 0 Å². The first-order valence-corrected chi connectivity index (χ1v) is 9.27. The zero-order chi connectivity index (χ0) is 18.3. The minimum atomic E-state index is -0.0308. The van der Waals surface area contributed by atoms with Crippen LogP contribution < -0.4 is 5.32 Å². The number of nitrogens with one attached hydrogen (secondary N) is 1. The number of halogens is 1. The molecule has 0 aliphatic carbocycles. The number of carbonyl (C=O) groups is 1. The van der Waals surface area contributed by atoms with Crippen LogP contribution in [0.15, 0.2) is 27.8 Å². The van der Waals surface area contributed by atoms with Crippen LogP contribution in [0.25, 0.3) is 0 Å². The molecule has 1 fully saturated rings. The SMILES string of the molecule is CCNC(=NCCCC(C)(C)C)N1CCN(C(=O)c2ccco2)CC1.I. The Labute approximate surface area is 174 Å². The van der Waals surface area contributed by atoms with Gasteiger partial charge in [0.25, 0.3) is 5.91 Å². The lowest BCUT2D eigenvalue weighted by Gasteiger charge is -2.36. The second kappa shape index (κ2) is 10.8. The highest BCUT2D eigenvalue weighted by molar-refractivity contribution is 14.0. The topological polar surface area (TPSA) is 61.1 Å². The van der Waals surface area contributed by atoms with Gasteiger partial charge in [-0.15, -0.1) is 24.0 Å². The van der Waals surface area contributed by atoms with Crippen LogP contribution in [0.2, 0.25) is 0 Å². The molecule has 1 N–H and O–H groups in total. The third kappa shape index (κ3) is 7.17. The maximum atomic E-state index is 12.3. The molecule has 0 aromatic carbocycles. The minimum absolute atomic E-state index is 0. The van der Waals surface area contributed by atoms with Crippen LogP contribution >= 0.6 is 24.0 Å². The Morgan fingerprint density at radius 2 is 1.88 bits per heavy atom. The molecule has 1 aliphatic heterocycles. The number of hydrogen-bond acceptors (Lipinski definition) is 3. The highest BCUT2D eigenvalue weighted by Gasteiger charge is 2.25. The summed E-state index contributed by atoms with van der Waals surface area (Å²) in [7, 11) is 0.